The molecule has 4 saturated heterocycles. The lowest BCUT2D eigenvalue weighted by Crippen LogP contribution is -2.60. The third-order valence-electron chi connectivity index (χ3n) is 12.1. The molecule has 64 heavy (non-hydrogen) atoms. The molecule has 0 radical (unpaired) electrons. The van der Waals surface area contributed by atoms with Gasteiger partial charge in [-0.15, -0.1) is 0 Å². The molecule has 0 aromatic heterocycles. The van der Waals surface area contributed by atoms with Crippen molar-refractivity contribution in [2.24, 2.45) is 11.8 Å². The number of benzene rings is 3. The third-order valence-corrected chi connectivity index (χ3v) is 12.1. The van der Waals surface area contributed by atoms with Crippen molar-refractivity contribution in [1.82, 2.24) is 0 Å². The summed E-state index contributed by atoms with van der Waals surface area (Å²) in [4.78, 5) is 0. The standard InChI is InChI=1S/C43H56O21/c1-54-25-9-18(5-7-23(25)61-42-37(52)35(50)33(48)30(14-45)63-42)32(47)29(13-44)60-41-27(56-3)11-20(12-28(41)57-4)40-22-17-58-39(21(22)16-59-40)19-6-8-24(26(10-19)55-2)62-43-38(53)36(51)34(49)31(15-46)64-43/h5-12,21-22,29-40,42-53H,13-17H2,1-4H3/t21-,22+,29-,30-,31-,32+,33-,34+,35-,36-,37+,38+,39-,40+,42-,43+/m0/s1. The Morgan fingerprint density at radius 1 is 0.547 bits per heavy atom. The maximum atomic E-state index is 11.5. The molecule has 0 unspecified atom stereocenters. The summed E-state index contributed by atoms with van der Waals surface area (Å²) < 4.78 is 64.0. The van der Waals surface area contributed by atoms with Crippen molar-refractivity contribution in [1.29, 1.82) is 0 Å². The van der Waals surface area contributed by atoms with Crippen LogP contribution in [0.1, 0.15) is 35.0 Å². The van der Waals surface area contributed by atoms with E-state index in [4.69, 9.17) is 52.1 Å². The van der Waals surface area contributed by atoms with Gasteiger partial charge in [0.25, 0.3) is 0 Å². The highest BCUT2D eigenvalue weighted by Crippen LogP contribution is 2.53. The van der Waals surface area contributed by atoms with Crippen LogP contribution >= 0.6 is 0 Å². The number of hydrogen-bond acceptors (Lipinski definition) is 21. The third kappa shape index (κ3) is 9.24. The van der Waals surface area contributed by atoms with Crippen LogP contribution in [-0.4, -0.2) is 180 Å². The van der Waals surface area contributed by atoms with Gasteiger partial charge in [-0.3, -0.25) is 0 Å². The van der Waals surface area contributed by atoms with E-state index in [2.05, 4.69) is 0 Å². The van der Waals surface area contributed by atoms with E-state index in [0.717, 1.165) is 5.56 Å². The van der Waals surface area contributed by atoms with Gasteiger partial charge in [0.1, 0.15) is 54.9 Å². The maximum absolute atomic E-state index is 11.5. The molecule has 4 heterocycles. The van der Waals surface area contributed by atoms with Gasteiger partial charge in [-0.1, -0.05) is 12.1 Å². The summed E-state index contributed by atoms with van der Waals surface area (Å²) >= 11 is 0. The molecular formula is C43H56O21. The minimum Gasteiger partial charge on any atom is -0.493 e. The fourth-order valence-electron chi connectivity index (χ4n) is 8.49. The molecule has 0 bridgehead atoms. The summed E-state index contributed by atoms with van der Waals surface area (Å²) in [6, 6.07) is 12.8. The van der Waals surface area contributed by atoms with Crippen molar-refractivity contribution in [3.8, 4) is 40.2 Å². The van der Waals surface area contributed by atoms with E-state index < -0.39 is 106 Å². The highest BCUT2D eigenvalue weighted by atomic mass is 16.7. The van der Waals surface area contributed by atoms with Crippen LogP contribution in [-0.2, 0) is 18.9 Å². The summed E-state index contributed by atoms with van der Waals surface area (Å²) in [6.45, 7) is -1.23. The second kappa shape index (κ2) is 20.5. The zero-order chi connectivity index (χ0) is 46.0. The molecule has 4 fully saturated rings. The Morgan fingerprint density at radius 2 is 1.00 bits per heavy atom. The van der Waals surface area contributed by atoms with Gasteiger partial charge < -0.3 is 103 Å². The molecule has 21 heteroatoms. The number of ether oxygens (including phenoxy) is 11. The topological polar surface area (TPSA) is 304 Å². The predicted octanol–water partition coefficient (Wildman–Crippen LogP) is -1.37. The molecule has 3 aromatic rings. The van der Waals surface area contributed by atoms with E-state index in [1.165, 1.54) is 46.6 Å². The molecule has 4 aliphatic rings. The molecule has 354 valence electrons. The van der Waals surface area contributed by atoms with Gasteiger partial charge in [-0.25, -0.2) is 0 Å². The molecule has 0 amide bonds. The van der Waals surface area contributed by atoms with Crippen LogP contribution in [0.15, 0.2) is 48.5 Å². The Labute approximate surface area is 367 Å². The van der Waals surface area contributed by atoms with Gasteiger partial charge >= 0.3 is 0 Å². The van der Waals surface area contributed by atoms with E-state index in [1.807, 2.05) is 0 Å². The minimum absolute atomic E-state index is 0.0379. The SMILES string of the molecule is COc1cc([C@@H]2OC[C@@H]3[C@@H]2CO[C@@H]3c2cc(OC)c(O[C@@H](CO)[C@H](O)c3ccc(O[C@H]4O[C@@H](CO)[C@H](O)[C@H](O)[C@H]4O)c(OC)c3)c(OC)c2)ccc1O[C@@H]1O[C@@H](CO)[C@@H](O)[C@H](O)[C@H]1O. The average Bonchev–Trinajstić information content (AvgIpc) is 3.94. The smallest absolute Gasteiger partial charge is 0.229 e. The Bertz CT molecular complexity index is 1990. The lowest BCUT2D eigenvalue weighted by atomic mass is 9.84. The van der Waals surface area contributed by atoms with Crippen LogP contribution < -0.4 is 33.2 Å². The van der Waals surface area contributed by atoms with Crippen LogP contribution in [0.5, 0.6) is 40.2 Å². The zero-order valence-electron chi connectivity index (χ0n) is 35.4. The van der Waals surface area contributed by atoms with E-state index in [0.29, 0.717) is 18.8 Å². The minimum atomic E-state index is -1.67. The first kappa shape index (κ1) is 47.7. The largest absolute Gasteiger partial charge is 0.493 e. The fraction of sp³-hybridized carbons (Fsp3) is 0.581. The second-order valence-electron chi connectivity index (χ2n) is 15.8. The van der Waals surface area contributed by atoms with Gasteiger partial charge in [0, 0.05) is 11.8 Å². The maximum Gasteiger partial charge on any atom is 0.229 e. The Hall–Kier alpha value is -4.30. The molecule has 3 aromatic carbocycles. The molecule has 10 N–H and O–H groups in total. The average molecular weight is 909 g/mol. The number of hydrogen-bond donors (Lipinski definition) is 10. The van der Waals surface area contributed by atoms with Crippen molar-refractivity contribution in [3.05, 3.63) is 65.2 Å². The van der Waals surface area contributed by atoms with E-state index in [9.17, 15) is 51.1 Å². The highest BCUT2D eigenvalue weighted by Gasteiger charge is 2.50. The van der Waals surface area contributed by atoms with Gasteiger partial charge in [0.05, 0.1) is 73.7 Å². The molecule has 4 aliphatic heterocycles. The first-order valence-electron chi connectivity index (χ1n) is 20.6. The highest BCUT2D eigenvalue weighted by molar-refractivity contribution is 5.55. The van der Waals surface area contributed by atoms with Crippen molar-refractivity contribution < 1.29 is 103 Å². The Kier molecular flexibility index (Phi) is 15.2. The summed E-state index contributed by atoms with van der Waals surface area (Å²) in [5.41, 5.74) is 1.69. The van der Waals surface area contributed by atoms with Crippen molar-refractivity contribution in [2.45, 2.75) is 85.8 Å². The zero-order valence-corrected chi connectivity index (χ0v) is 35.4. The molecule has 0 saturated carbocycles. The Balaban J connectivity index is 1.04. The van der Waals surface area contributed by atoms with Crippen LogP contribution in [0.4, 0.5) is 0 Å². The summed E-state index contributed by atoms with van der Waals surface area (Å²) in [6.07, 6.45) is -18.5. The molecule has 7 rings (SSSR count). The molecule has 0 spiro atoms. The van der Waals surface area contributed by atoms with Gasteiger partial charge in [0.15, 0.2) is 40.6 Å². The number of rotatable bonds is 17. The van der Waals surface area contributed by atoms with E-state index in [-0.39, 0.29) is 57.6 Å². The number of aliphatic hydroxyl groups excluding tert-OH is 10. The number of aliphatic hydroxyl groups is 10. The molecule has 16 atom stereocenters. The molecule has 21 nitrogen and oxygen atoms in total. The lowest BCUT2D eigenvalue weighted by Gasteiger charge is -2.39. The first-order valence-corrected chi connectivity index (χ1v) is 20.6. The van der Waals surface area contributed by atoms with Gasteiger partial charge in [-0.05, 0) is 53.1 Å². The van der Waals surface area contributed by atoms with Crippen LogP contribution in [0, 0.1) is 11.8 Å². The normalized spacial score (nSPS) is 33.5. The van der Waals surface area contributed by atoms with Crippen LogP contribution in [0.25, 0.3) is 0 Å². The van der Waals surface area contributed by atoms with Gasteiger partial charge in [-0.2, -0.15) is 0 Å². The van der Waals surface area contributed by atoms with Crippen LogP contribution in [0.2, 0.25) is 0 Å². The van der Waals surface area contributed by atoms with Gasteiger partial charge in [0.2, 0.25) is 18.3 Å². The number of fused-ring (bicyclic) bond motifs is 1. The van der Waals surface area contributed by atoms with Crippen molar-refractivity contribution >= 4 is 0 Å². The summed E-state index contributed by atoms with van der Waals surface area (Å²) in [5.74, 6) is 0.911. The monoisotopic (exact) mass is 908 g/mol. The van der Waals surface area contributed by atoms with Crippen LogP contribution in [0.3, 0.4) is 0 Å². The van der Waals surface area contributed by atoms with E-state index >= 15 is 0 Å². The lowest BCUT2D eigenvalue weighted by molar-refractivity contribution is -0.277. The Morgan fingerprint density at radius 3 is 1.47 bits per heavy atom. The quantitative estimate of drug-likeness (QED) is 0.0747. The molecular weight excluding hydrogens is 852 g/mol. The molecule has 0 aliphatic carbocycles. The summed E-state index contributed by atoms with van der Waals surface area (Å²) in [7, 11) is 5.63. The first-order chi connectivity index (χ1) is 30.8. The summed E-state index contributed by atoms with van der Waals surface area (Å²) in [5, 5.41) is 103. The fourth-order valence-corrected chi connectivity index (χ4v) is 8.49. The number of methoxy groups -OCH3 is 4. The predicted molar refractivity (Wildman–Crippen MR) is 215 cm³/mol. The van der Waals surface area contributed by atoms with E-state index in [1.54, 1.807) is 30.3 Å². The second-order valence-corrected chi connectivity index (χ2v) is 15.8. The van der Waals surface area contributed by atoms with Crippen molar-refractivity contribution in [3.63, 3.8) is 0 Å². The van der Waals surface area contributed by atoms with Crippen molar-refractivity contribution in [2.75, 3.05) is 61.5 Å².